The lowest BCUT2D eigenvalue weighted by Gasteiger charge is -2.25. The highest BCUT2D eigenvalue weighted by Gasteiger charge is 2.19. The fraction of sp³-hybridized carbons (Fsp3) is 0.667. The first-order valence-corrected chi connectivity index (χ1v) is 7.55. The second kappa shape index (κ2) is 6.97. The number of hydrogen-bond donors (Lipinski definition) is 0. The summed E-state index contributed by atoms with van der Waals surface area (Å²) in [5.74, 6) is 2.90. The summed E-state index contributed by atoms with van der Waals surface area (Å²) >= 11 is 0. The zero-order valence-electron chi connectivity index (χ0n) is 13.0. The Morgan fingerprint density at radius 3 is 1.72 bits per heavy atom. The van der Waals surface area contributed by atoms with Gasteiger partial charge in [0.05, 0.1) is 0 Å². The molecule has 18 heavy (non-hydrogen) atoms. The fourth-order valence-electron chi connectivity index (χ4n) is 2.62. The molecule has 0 heteroatoms. The summed E-state index contributed by atoms with van der Waals surface area (Å²) in [6, 6.07) is 9.34. The molecule has 2 unspecified atom stereocenters. The first kappa shape index (κ1) is 15.3. The summed E-state index contributed by atoms with van der Waals surface area (Å²) in [7, 11) is 0. The monoisotopic (exact) mass is 246 g/mol. The van der Waals surface area contributed by atoms with E-state index in [0.29, 0.717) is 5.92 Å². The van der Waals surface area contributed by atoms with Gasteiger partial charge in [0.25, 0.3) is 0 Å². The lowest BCUT2D eigenvalue weighted by atomic mass is 9.80. The molecule has 2 atom stereocenters. The molecule has 0 nitrogen and oxygen atoms in total. The van der Waals surface area contributed by atoms with Crippen LogP contribution in [0.2, 0.25) is 0 Å². The van der Waals surface area contributed by atoms with Crippen molar-refractivity contribution in [3.05, 3.63) is 35.4 Å². The lowest BCUT2D eigenvalue weighted by molar-refractivity contribution is 0.377. The van der Waals surface area contributed by atoms with E-state index >= 15 is 0 Å². The van der Waals surface area contributed by atoms with E-state index in [-0.39, 0.29) is 0 Å². The summed E-state index contributed by atoms with van der Waals surface area (Å²) in [5.41, 5.74) is 2.98. The lowest BCUT2D eigenvalue weighted by Crippen LogP contribution is -2.12. The highest BCUT2D eigenvalue weighted by molar-refractivity contribution is 5.27. The van der Waals surface area contributed by atoms with Crippen LogP contribution in [0.1, 0.15) is 77.3 Å². The molecule has 0 aliphatic carbocycles. The number of benzene rings is 1. The van der Waals surface area contributed by atoms with Crippen LogP contribution in [0.5, 0.6) is 0 Å². The minimum atomic E-state index is 0.631. The van der Waals surface area contributed by atoms with E-state index in [1.54, 1.807) is 0 Å². The predicted octanol–water partition coefficient (Wildman–Crippen LogP) is 5.99. The van der Waals surface area contributed by atoms with Gasteiger partial charge < -0.3 is 0 Å². The van der Waals surface area contributed by atoms with Crippen molar-refractivity contribution in [3.8, 4) is 0 Å². The van der Waals surface area contributed by atoms with Crippen molar-refractivity contribution in [3.63, 3.8) is 0 Å². The van der Waals surface area contributed by atoms with Gasteiger partial charge >= 0.3 is 0 Å². The fourth-order valence-corrected chi connectivity index (χ4v) is 2.62. The summed E-state index contributed by atoms with van der Waals surface area (Å²) in [6.45, 7) is 13.9. The highest BCUT2D eigenvalue weighted by atomic mass is 14.2. The molecule has 0 radical (unpaired) electrons. The van der Waals surface area contributed by atoms with Crippen molar-refractivity contribution in [2.75, 3.05) is 0 Å². The largest absolute Gasteiger partial charge is 0.0651 e. The molecule has 0 saturated carbocycles. The van der Waals surface area contributed by atoms with Crippen molar-refractivity contribution in [1.29, 1.82) is 0 Å². The van der Waals surface area contributed by atoms with Gasteiger partial charge in [-0.1, -0.05) is 72.2 Å². The summed E-state index contributed by atoms with van der Waals surface area (Å²) < 4.78 is 0. The minimum absolute atomic E-state index is 0.631. The SMILES string of the molecule is CCC(C)C(CC(C)C)c1ccc(C(C)C)cc1. The molecule has 102 valence electrons. The smallest absolute Gasteiger partial charge is 0.0134 e. The van der Waals surface area contributed by atoms with Crippen LogP contribution >= 0.6 is 0 Å². The topological polar surface area (TPSA) is 0 Å². The minimum Gasteiger partial charge on any atom is -0.0651 e. The van der Waals surface area contributed by atoms with Crippen LogP contribution < -0.4 is 0 Å². The Morgan fingerprint density at radius 1 is 0.833 bits per heavy atom. The third-order valence-corrected chi connectivity index (χ3v) is 4.09. The first-order chi connectivity index (χ1) is 8.45. The van der Waals surface area contributed by atoms with Crippen molar-refractivity contribution in [1.82, 2.24) is 0 Å². The molecule has 1 aromatic carbocycles. The Bertz CT molecular complexity index is 332. The summed E-state index contributed by atoms with van der Waals surface area (Å²) in [5, 5.41) is 0. The average molecular weight is 246 g/mol. The normalized spacial score (nSPS) is 15.1. The van der Waals surface area contributed by atoms with E-state index in [1.165, 1.54) is 24.0 Å². The summed E-state index contributed by atoms with van der Waals surface area (Å²) in [4.78, 5) is 0. The Hall–Kier alpha value is -0.780. The maximum absolute atomic E-state index is 2.39. The second-order valence-corrected chi connectivity index (χ2v) is 6.44. The van der Waals surface area contributed by atoms with Crippen LogP contribution in [0.4, 0.5) is 0 Å². The molecule has 0 amide bonds. The van der Waals surface area contributed by atoms with Gasteiger partial charge in [0.15, 0.2) is 0 Å². The maximum atomic E-state index is 2.39. The predicted molar refractivity (Wildman–Crippen MR) is 82.2 cm³/mol. The van der Waals surface area contributed by atoms with Gasteiger partial charge in [0.1, 0.15) is 0 Å². The third-order valence-electron chi connectivity index (χ3n) is 4.09. The first-order valence-electron chi connectivity index (χ1n) is 7.55. The van der Waals surface area contributed by atoms with E-state index < -0.39 is 0 Å². The van der Waals surface area contributed by atoms with Crippen molar-refractivity contribution < 1.29 is 0 Å². The second-order valence-electron chi connectivity index (χ2n) is 6.44. The van der Waals surface area contributed by atoms with E-state index in [2.05, 4.69) is 65.8 Å². The Balaban J connectivity index is 2.91. The average Bonchev–Trinajstić information content (AvgIpc) is 2.35. The van der Waals surface area contributed by atoms with E-state index in [0.717, 1.165) is 17.8 Å². The molecule has 0 aliphatic rings. The van der Waals surface area contributed by atoms with E-state index in [1.807, 2.05) is 0 Å². The van der Waals surface area contributed by atoms with Gasteiger partial charge in [-0.15, -0.1) is 0 Å². The molecule has 1 rings (SSSR count). The molecule has 0 heterocycles. The van der Waals surface area contributed by atoms with Crippen LogP contribution in [-0.4, -0.2) is 0 Å². The zero-order chi connectivity index (χ0) is 13.7. The van der Waals surface area contributed by atoms with Crippen molar-refractivity contribution in [2.45, 2.75) is 66.2 Å². The zero-order valence-corrected chi connectivity index (χ0v) is 13.0. The van der Waals surface area contributed by atoms with Gasteiger partial charge in [-0.2, -0.15) is 0 Å². The quantitative estimate of drug-likeness (QED) is 0.578. The van der Waals surface area contributed by atoms with E-state index in [9.17, 15) is 0 Å². The molecule has 0 aliphatic heterocycles. The molecular weight excluding hydrogens is 216 g/mol. The third kappa shape index (κ3) is 4.15. The van der Waals surface area contributed by atoms with Gasteiger partial charge in [-0.25, -0.2) is 0 Å². The highest BCUT2D eigenvalue weighted by Crippen LogP contribution is 2.33. The Morgan fingerprint density at radius 2 is 1.33 bits per heavy atom. The van der Waals surface area contributed by atoms with Gasteiger partial charge in [-0.05, 0) is 41.2 Å². The summed E-state index contributed by atoms with van der Waals surface area (Å²) in [6.07, 6.45) is 2.57. The van der Waals surface area contributed by atoms with E-state index in [4.69, 9.17) is 0 Å². The van der Waals surface area contributed by atoms with Crippen molar-refractivity contribution in [2.24, 2.45) is 11.8 Å². The van der Waals surface area contributed by atoms with Crippen LogP contribution in [-0.2, 0) is 0 Å². The molecule has 0 aromatic heterocycles. The molecule has 0 fully saturated rings. The molecule has 0 spiro atoms. The molecular formula is C18H30. The molecule has 0 N–H and O–H groups in total. The van der Waals surface area contributed by atoms with Gasteiger partial charge in [0.2, 0.25) is 0 Å². The van der Waals surface area contributed by atoms with Crippen molar-refractivity contribution >= 4 is 0 Å². The standard InChI is InChI=1S/C18H30/c1-7-15(6)18(12-13(2)3)17-10-8-16(9-11-17)14(4)5/h8-11,13-15,18H,7,12H2,1-6H3. The van der Waals surface area contributed by atoms with Crippen LogP contribution in [0.25, 0.3) is 0 Å². The maximum Gasteiger partial charge on any atom is -0.0134 e. The van der Waals surface area contributed by atoms with Crippen LogP contribution in [0.15, 0.2) is 24.3 Å². The molecule has 0 saturated heterocycles. The van der Waals surface area contributed by atoms with Gasteiger partial charge in [0, 0.05) is 0 Å². The Kier molecular flexibility index (Phi) is 5.91. The molecule has 0 bridgehead atoms. The van der Waals surface area contributed by atoms with Crippen LogP contribution in [0.3, 0.4) is 0 Å². The number of hydrogen-bond acceptors (Lipinski definition) is 0. The van der Waals surface area contributed by atoms with Crippen LogP contribution in [0, 0.1) is 11.8 Å². The van der Waals surface area contributed by atoms with Gasteiger partial charge in [-0.3, -0.25) is 0 Å². The Labute approximate surface area is 114 Å². The molecule has 1 aromatic rings. The number of rotatable bonds is 6.